The lowest BCUT2D eigenvalue weighted by Gasteiger charge is -2.37. The molecule has 1 saturated heterocycles. The van der Waals surface area contributed by atoms with Gasteiger partial charge in [0.25, 0.3) is 0 Å². The fourth-order valence-corrected chi connectivity index (χ4v) is 4.68. The molecule has 1 fully saturated rings. The van der Waals surface area contributed by atoms with Gasteiger partial charge in [-0.25, -0.2) is 4.79 Å². The highest BCUT2D eigenvalue weighted by atomic mass is 16.6. The van der Waals surface area contributed by atoms with Crippen LogP contribution in [-0.4, -0.2) is 36.6 Å². The van der Waals surface area contributed by atoms with E-state index in [1.165, 1.54) is 25.7 Å². The highest BCUT2D eigenvalue weighted by molar-refractivity contribution is 5.79. The van der Waals surface area contributed by atoms with Gasteiger partial charge in [0.15, 0.2) is 0 Å². The Labute approximate surface area is 213 Å². The molecule has 1 aliphatic heterocycles. The molecule has 1 unspecified atom stereocenters. The first kappa shape index (κ1) is 31.0. The summed E-state index contributed by atoms with van der Waals surface area (Å²) in [6, 6.07) is -0.656. The number of hydrogen-bond donors (Lipinski definition) is 1. The van der Waals surface area contributed by atoms with Crippen molar-refractivity contribution in [3.8, 4) is 12.3 Å². The molecule has 0 saturated carbocycles. The molecule has 0 spiro atoms. The third-order valence-electron chi connectivity index (χ3n) is 7.23. The zero-order valence-electron chi connectivity index (χ0n) is 22.4. The predicted molar refractivity (Wildman–Crippen MR) is 139 cm³/mol. The second-order valence-electron chi connectivity index (χ2n) is 10.1. The Morgan fingerprint density at radius 1 is 1.09 bits per heavy atom. The third-order valence-corrected chi connectivity index (χ3v) is 7.23. The van der Waals surface area contributed by atoms with E-state index < -0.39 is 12.0 Å². The molecule has 0 aromatic heterocycles. The summed E-state index contributed by atoms with van der Waals surface area (Å²) in [6.07, 6.45) is 21.4. The van der Waals surface area contributed by atoms with Crippen LogP contribution in [0.3, 0.4) is 0 Å². The van der Waals surface area contributed by atoms with Crippen molar-refractivity contribution in [2.45, 2.75) is 142 Å². The molecule has 1 amide bonds. The number of carbonyl (C=O) groups excluding carboxylic acids is 3. The van der Waals surface area contributed by atoms with E-state index in [0.717, 1.165) is 70.6 Å². The highest BCUT2D eigenvalue weighted by Gasteiger charge is 2.43. The Bertz CT molecular complexity index is 643. The lowest BCUT2D eigenvalue weighted by molar-refractivity contribution is -0.190. The van der Waals surface area contributed by atoms with Crippen LogP contribution in [0.25, 0.3) is 0 Å². The molecular weight excluding hydrogens is 442 g/mol. The smallest absolute Gasteiger partial charge is 0.329 e. The van der Waals surface area contributed by atoms with Crippen LogP contribution < -0.4 is 5.32 Å². The van der Waals surface area contributed by atoms with Gasteiger partial charge in [0.2, 0.25) is 6.41 Å². The topological polar surface area (TPSA) is 81.7 Å². The lowest BCUT2D eigenvalue weighted by Crippen LogP contribution is -2.48. The largest absolute Gasteiger partial charge is 0.461 e. The highest BCUT2D eigenvalue weighted by Crippen LogP contribution is 2.33. The van der Waals surface area contributed by atoms with Gasteiger partial charge < -0.3 is 14.8 Å². The summed E-state index contributed by atoms with van der Waals surface area (Å²) in [5, 5.41) is 2.63. The van der Waals surface area contributed by atoms with E-state index in [4.69, 9.17) is 15.9 Å². The first-order valence-electron chi connectivity index (χ1n) is 14.0. The molecule has 1 N–H and O–H groups in total. The monoisotopic (exact) mass is 491 g/mol. The number of nitrogens with one attached hydrogen (secondary N) is 1. The van der Waals surface area contributed by atoms with Gasteiger partial charge in [-0.2, -0.15) is 0 Å². The van der Waals surface area contributed by atoms with E-state index in [1.54, 1.807) is 0 Å². The minimum absolute atomic E-state index is 0.0179. The predicted octanol–water partition coefficient (Wildman–Crippen LogP) is 6.11. The number of cyclic esters (lactones) is 1. The van der Waals surface area contributed by atoms with Crippen LogP contribution >= 0.6 is 0 Å². The molecule has 1 heterocycles. The molecule has 1 aliphatic rings. The van der Waals surface area contributed by atoms with Gasteiger partial charge in [-0.05, 0) is 31.6 Å². The van der Waals surface area contributed by atoms with Gasteiger partial charge in [0.1, 0.15) is 18.2 Å². The molecule has 0 radical (unpaired) electrons. The summed E-state index contributed by atoms with van der Waals surface area (Å²) in [4.78, 5) is 36.0. The Morgan fingerprint density at radius 3 is 2.34 bits per heavy atom. The van der Waals surface area contributed by atoms with Crippen molar-refractivity contribution < 1.29 is 23.9 Å². The van der Waals surface area contributed by atoms with Gasteiger partial charge in [-0.3, -0.25) is 9.59 Å². The van der Waals surface area contributed by atoms with Gasteiger partial charge in [0.05, 0.1) is 5.92 Å². The second kappa shape index (κ2) is 19.2. The second-order valence-corrected chi connectivity index (χ2v) is 10.1. The van der Waals surface area contributed by atoms with Gasteiger partial charge >= 0.3 is 11.9 Å². The van der Waals surface area contributed by atoms with E-state index in [2.05, 4.69) is 18.2 Å². The number of esters is 2. The Morgan fingerprint density at radius 2 is 1.74 bits per heavy atom. The molecule has 0 bridgehead atoms. The number of amides is 1. The number of terminal acetylenes is 1. The maximum Gasteiger partial charge on any atom is 0.329 e. The maximum absolute atomic E-state index is 12.9. The minimum Gasteiger partial charge on any atom is -0.461 e. The molecule has 1 rings (SSSR count). The molecule has 35 heavy (non-hydrogen) atoms. The van der Waals surface area contributed by atoms with Crippen LogP contribution in [0.5, 0.6) is 0 Å². The lowest BCUT2D eigenvalue weighted by atomic mass is 9.86. The first-order chi connectivity index (χ1) is 17.0. The molecular formula is C29H49NO5. The quantitative estimate of drug-likeness (QED) is 0.0856. The van der Waals surface area contributed by atoms with Crippen molar-refractivity contribution in [1.29, 1.82) is 0 Å². The van der Waals surface area contributed by atoms with Crippen LogP contribution in [0.1, 0.15) is 124 Å². The first-order valence-corrected chi connectivity index (χ1v) is 14.0. The Hall–Kier alpha value is -2.03. The van der Waals surface area contributed by atoms with Gasteiger partial charge in [-0.1, -0.05) is 85.0 Å². The molecule has 6 heteroatoms. The van der Waals surface area contributed by atoms with Crippen molar-refractivity contribution in [3.05, 3.63) is 0 Å². The van der Waals surface area contributed by atoms with Crippen LogP contribution in [-0.2, 0) is 23.9 Å². The zero-order valence-corrected chi connectivity index (χ0v) is 22.4. The number of unbranched alkanes of at least 4 members (excludes halogenated alkanes) is 10. The summed E-state index contributed by atoms with van der Waals surface area (Å²) in [5.74, 6) is 2.06. The van der Waals surface area contributed by atoms with Crippen LogP contribution in [0, 0.1) is 24.2 Å². The molecule has 5 atom stereocenters. The Kier molecular flexibility index (Phi) is 17.0. The summed E-state index contributed by atoms with van der Waals surface area (Å²) in [7, 11) is 0. The number of carbonyl (C=O) groups is 3. The van der Waals surface area contributed by atoms with Crippen molar-refractivity contribution in [1.82, 2.24) is 5.32 Å². The molecule has 200 valence electrons. The third kappa shape index (κ3) is 12.5. The average Bonchev–Trinajstić information content (AvgIpc) is 2.85. The zero-order chi connectivity index (χ0) is 25.9. The average molecular weight is 492 g/mol. The summed E-state index contributed by atoms with van der Waals surface area (Å²) in [5.41, 5.74) is 0. The molecule has 0 aromatic carbocycles. The van der Waals surface area contributed by atoms with Crippen LogP contribution in [0.2, 0.25) is 0 Å². The summed E-state index contributed by atoms with van der Waals surface area (Å²) < 4.78 is 11.4. The van der Waals surface area contributed by atoms with Gasteiger partial charge in [-0.15, -0.1) is 12.3 Å². The normalized spacial score (nSPS) is 19.5. The van der Waals surface area contributed by atoms with Gasteiger partial charge in [0, 0.05) is 12.8 Å². The van der Waals surface area contributed by atoms with E-state index >= 15 is 0 Å². The number of rotatable bonds is 22. The number of hydrogen-bond acceptors (Lipinski definition) is 5. The fraction of sp³-hybridized carbons (Fsp3) is 0.828. The number of ether oxygens (including phenoxy) is 2. The van der Waals surface area contributed by atoms with Crippen molar-refractivity contribution in [2.75, 3.05) is 0 Å². The van der Waals surface area contributed by atoms with Crippen LogP contribution in [0.4, 0.5) is 0 Å². The van der Waals surface area contributed by atoms with Crippen molar-refractivity contribution in [3.63, 3.8) is 0 Å². The van der Waals surface area contributed by atoms with E-state index in [9.17, 15) is 14.4 Å². The fourth-order valence-electron chi connectivity index (χ4n) is 4.68. The van der Waals surface area contributed by atoms with E-state index in [1.807, 2.05) is 13.8 Å². The maximum atomic E-state index is 12.9. The molecule has 6 nitrogen and oxygen atoms in total. The molecule has 0 aliphatic carbocycles. The summed E-state index contributed by atoms with van der Waals surface area (Å²) in [6.45, 7) is 6.09. The summed E-state index contributed by atoms with van der Waals surface area (Å²) >= 11 is 0. The minimum atomic E-state index is -0.656. The van der Waals surface area contributed by atoms with Crippen molar-refractivity contribution in [2.24, 2.45) is 11.8 Å². The van der Waals surface area contributed by atoms with Crippen molar-refractivity contribution >= 4 is 18.3 Å². The molecule has 0 aromatic rings. The van der Waals surface area contributed by atoms with Crippen LogP contribution in [0.15, 0.2) is 0 Å². The standard InChI is InChI=1S/C29H49NO5/c1-5-8-10-12-13-14-15-16-17-19-24(34-29(33)27(30-22-31)23(4)7-3)21-26-25(28(32)35-26)20-18-11-9-6-2/h1,22-27H,6-21H2,2-4H3,(H,30,31)/t23?,24-,25-,26-,27-/m0/s1. The SMILES string of the molecule is C#CCCCCCCCCC[C@@H](C[C@@H]1OC(=O)[C@H]1CCCCCC)OC(=O)[C@@H](NC=O)C(C)CC. The van der Waals surface area contributed by atoms with E-state index in [0.29, 0.717) is 12.8 Å². The Balaban J connectivity index is 2.60. The van der Waals surface area contributed by atoms with E-state index in [-0.39, 0.29) is 30.0 Å².